The Kier molecular flexibility index (Phi) is 5.16. The first-order valence-corrected chi connectivity index (χ1v) is 11.6. The van der Waals surface area contributed by atoms with E-state index in [1.165, 1.54) is 0 Å². The molecule has 152 valence electrons. The van der Waals surface area contributed by atoms with Gasteiger partial charge < -0.3 is 0 Å². The molecule has 0 aromatic heterocycles. The van der Waals surface area contributed by atoms with Gasteiger partial charge in [-0.3, -0.25) is 0 Å². The summed E-state index contributed by atoms with van der Waals surface area (Å²) in [7, 11) is 0. The Balaban J connectivity index is 1.64. The van der Waals surface area contributed by atoms with Crippen LogP contribution in [0.3, 0.4) is 0 Å². The van der Waals surface area contributed by atoms with Crippen molar-refractivity contribution in [1.29, 1.82) is 0 Å². The van der Waals surface area contributed by atoms with Crippen LogP contribution < -0.4 is 14.6 Å². The molecule has 0 saturated carbocycles. The van der Waals surface area contributed by atoms with Gasteiger partial charge in [-0.1, -0.05) is 0 Å². The zero-order chi connectivity index (χ0) is 21.2. The predicted molar refractivity (Wildman–Crippen MR) is 123 cm³/mol. The summed E-state index contributed by atoms with van der Waals surface area (Å²) in [6.45, 7) is 0. The maximum absolute atomic E-state index is 13.2. The summed E-state index contributed by atoms with van der Waals surface area (Å²) in [6, 6.07) is 27.0. The van der Waals surface area contributed by atoms with E-state index in [1.54, 1.807) is 16.7 Å². The van der Waals surface area contributed by atoms with E-state index >= 15 is 0 Å². The van der Waals surface area contributed by atoms with Gasteiger partial charge in [0.1, 0.15) is 0 Å². The molecule has 2 aliphatic heterocycles. The molecular formula is C25H19N3O2Se. The molecule has 2 heterocycles. The number of phenols is 1. The van der Waals surface area contributed by atoms with Gasteiger partial charge in [0.15, 0.2) is 0 Å². The molecule has 31 heavy (non-hydrogen) atoms. The number of hydrogen-bond donors (Lipinski definition) is 2. The number of hydrogen-bond acceptors (Lipinski definition) is 3. The van der Waals surface area contributed by atoms with Gasteiger partial charge in [-0.25, -0.2) is 0 Å². The molecular weight excluding hydrogens is 453 g/mol. The van der Waals surface area contributed by atoms with Crippen molar-refractivity contribution in [1.82, 2.24) is 14.5 Å². The zero-order valence-electron chi connectivity index (χ0n) is 16.5. The SMILES string of the molecule is O=c1c(Cc2ccccc2)nc2c([Se]c3ccc(O)cc3)[nH]c(-c3ccccc3)cn1-2. The van der Waals surface area contributed by atoms with E-state index in [1.807, 2.05) is 79.0 Å². The average molecular weight is 472 g/mol. The van der Waals surface area contributed by atoms with E-state index in [-0.39, 0.29) is 26.3 Å². The van der Waals surface area contributed by atoms with Gasteiger partial charge >= 0.3 is 186 Å². The average Bonchev–Trinajstić information content (AvgIpc) is 3.12. The Morgan fingerprint density at radius 3 is 2.29 bits per heavy atom. The van der Waals surface area contributed by atoms with Crippen molar-refractivity contribution in [2.75, 3.05) is 0 Å². The van der Waals surface area contributed by atoms with Crippen LogP contribution in [0, 0.1) is 0 Å². The van der Waals surface area contributed by atoms with Crippen LogP contribution in [0.2, 0.25) is 0 Å². The molecule has 3 aromatic rings. The van der Waals surface area contributed by atoms with Gasteiger partial charge in [0.25, 0.3) is 0 Å². The third-order valence-corrected chi connectivity index (χ3v) is 7.09. The number of nitrogens with zero attached hydrogens (tertiary/aromatic N) is 2. The van der Waals surface area contributed by atoms with E-state index in [9.17, 15) is 9.90 Å². The first kappa shape index (κ1) is 19.4. The number of fused-ring (bicyclic) bond motifs is 1. The number of H-pyrrole nitrogens is 1. The van der Waals surface area contributed by atoms with Crippen molar-refractivity contribution in [3.63, 3.8) is 0 Å². The summed E-state index contributed by atoms with van der Waals surface area (Å²) in [4.78, 5) is 21.5. The summed E-state index contributed by atoms with van der Waals surface area (Å²) in [6.07, 6.45) is 2.33. The fourth-order valence-electron chi connectivity index (χ4n) is 3.46. The van der Waals surface area contributed by atoms with Crippen LogP contribution in [0.15, 0.2) is 95.9 Å². The van der Waals surface area contributed by atoms with Crippen molar-refractivity contribution in [2.24, 2.45) is 0 Å². The zero-order valence-corrected chi connectivity index (χ0v) is 18.2. The van der Waals surface area contributed by atoms with Gasteiger partial charge in [-0.15, -0.1) is 0 Å². The molecule has 2 N–H and O–H groups in total. The predicted octanol–water partition coefficient (Wildman–Crippen LogP) is 2.62. The Morgan fingerprint density at radius 1 is 0.903 bits per heavy atom. The molecule has 0 radical (unpaired) electrons. The first-order valence-electron chi connectivity index (χ1n) is 9.88. The van der Waals surface area contributed by atoms with Gasteiger partial charge in [0.05, 0.1) is 0 Å². The van der Waals surface area contributed by atoms with E-state index in [2.05, 4.69) is 4.98 Å². The summed E-state index contributed by atoms with van der Waals surface area (Å²) in [5.41, 5.74) is 3.37. The minimum absolute atomic E-state index is 0.0900. The molecule has 0 unspecified atom stereocenters. The van der Waals surface area contributed by atoms with E-state index in [0.29, 0.717) is 17.9 Å². The molecule has 3 aromatic carbocycles. The number of phenolic OH excluding ortho intramolecular Hbond substituents is 1. The topological polar surface area (TPSA) is 70.9 Å². The Bertz CT molecular complexity index is 1340. The van der Waals surface area contributed by atoms with Gasteiger partial charge in [-0.05, 0) is 0 Å². The maximum atomic E-state index is 13.2. The Hall–Kier alpha value is -3.60. The monoisotopic (exact) mass is 473 g/mol. The second-order valence-electron chi connectivity index (χ2n) is 7.18. The van der Waals surface area contributed by atoms with Gasteiger partial charge in [-0.2, -0.15) is 0 Å². The van der Waals surface area contributed by atoms with E-state index in [4.69, 9.17) is 4.98 Å². The summed E-state index contributed by atoms with van der Waals surface area (Å²) in [5.74, 6) is 0.892. The van der Waals surface area contributed by atoms with Crippen LogP contribution >= 0.6 is 0 Å². The molecule has 0 bridgehead atoms. The molecule has 6 heteroatoms. The second-order valence-corrected chi connectivity index (χ2v) is 9.45. The molecule has 0 fully saturated rings. The third kappa shape index (κ3) is 4.04. The van der Waals surface area contributed by atoms with Crippen LogP contribution in [0.4, 0.5) is 0 Å². The molecule has 5 nitrogen and oxygen atoms in total. The van der Waals surface area contributed by atoms with Crippen LogP contribution in [-0.2, 0) is 6.42 Å². The van der Waals surface area contributed by atoms with Crippen molar-refractivity contribution >= 4 is 24.0 Å². The second kappa shape index (κ2) is 8.26. The van der Waals surface area contributed by atoms with Crippen molar-refractivity contribution in [2.45, 2.75) is 6.42 Å². The molecule has 0 saturated heterocycles. The van der Waals surface area contributed by atoms with Gasteiger partial charge in [0, 0.05) is 0 Å². The number of imidazole rings is 1. The number of benzene rings is 3. The van der Waals surface area contributed by atoms with Crippen molar-refractivity contribution < 1.29 is 5.11 Å². The summed E-state index contributed by atoms with van der Waals surface area (Å²) < 4.78 is 3.65. The van der Waals surface area contributed by atoms with Crippen molar-refractivity contribution in [3.05, 3.63) is 113 Å². The molecule has 0 spiro atoms. The van der Waals surface area contributed by atoms with Crippen LogP contribution in [0.5, 0.6) is 5.75 Å². The molecule has 0 atom stereocenters. The fourth-order valence-corrected chi connectivity index (χ4v) is 5.35. The summed E-state index contributed by atoms with van der Waals surface area (Å²) in [5, 5.41) is 9.61. The van der Waals surface area contributed by atoms with Crippen LogP contribution in [0.1, 0.15) is 11.3 Å². The quantitative estimate of drug-likeness (QED) is 0.387. The third-order valence-electron chi connectivity index (χ3n) is 5.00. The van der Waals surface area contributed by atoms with E-state index < -0.39 is 0 Å². The van der Waals surface area contributed by atoms with Crippen LogP contribution in [-0.4, -0.2) is 34.6 Å². The normalized spacial score (nSPS) is 11.1. The van der Waals surface area contributed by atoms with E-state index in [0.717, 1.165) is 25.9 Å². The molecule has 5 rings (SSSR count). The fraction of sp³-hybridized carbons (Fsp3) is 0.0400. The summed E-state index contributed by atoms with van der Waals surface area (Å²) >= 11 is -0.123. The number of aromatic hydroxyl groups is 1. The van der Waals surface area contributed by atoms with Crippen LogP contribution in [0.25, 0.3) is 17.1 Å². The molecule has 2 aliphatic rings. The number of aromatic amines is 1. The standard InChI is InChI=1S/C25H19N3O2Se/c29-19-11-13-20(14-12-19)31-24-23-26-21(15-17-7-3-1-4-8-17)25(30)28(23)16-22(27-24)18-9-5-2-6-10-18/h1-14,16,27,29H,15H2. The Labute approximate surface area is 185 Å². The Morgan fingerprint density at radius 2 is 1.58 bits per heavy atom. The van der Waals surface area contributed by atoms with Crippen molar-refractivity contribution in [3.8, 4) is 22.8 Å². The molecule has 0 amide bonds. The number of aromatic nitrogens is 3. The minimum atomic E-state index is -0.123. The number of nitrogens with one attached hydrogen (secondary N) is 1. The van der Waals surface area contributed by atoms with Gasteiger partial charge in [0.2, 0.25) is 0 Å². The molecule has 0 aliphatic carbocycles. The first-order chi connectivity index (χ1) is 15.2. The number of rotatable bonds is 5.